The molecule has 1 aromatic heterocycles. The molecule has 0 amide bonds. The van der Waals surface area contributed by atoms with Crippen LogP contribution in [0.15, 0.2) is 71.0 Å². The monoisotopic (exact) mass is 309 g/mol. The van der Waals surface area contributed by atoms with E-state index in [9.17, 15) is 4.79 Å². The molecular formula is C17H15N3OS. The van der Waals surface area contributed by atoms with Crippen molar-refractivity contribution < 1.29 is 0 Å². The molecule has 1 heterocycles. The summed E-state index contributed by atoms with van der Waals surface area (Å²) in [6.45, 7) is 3.74. The molecule has 1 unspecified atom stereocenters. The second kappa shape index (κ2) is 6.07. The van der Waals surface area contributed by atoms with Crippen molar-refractivity contribution >= 4 is 22.8 Å². The van der Waals surface area contributed by atoms with Crippen molar-refractivity contribution in [1.29, 1.82) is 0 Å². The second-order valence-electron chi connectivity index (χ2n) is 4.84. The van der Waals surface area contributed by atoms with Gasteiger partial charge in [0.15, 0.2) is 0 Å². The quantitative estimate of drug-likeness (QED) is 0.776. The molecule has 0 radical (unpaired) electrons. The molecule has 0 fully saturated rings. The predicted molar refractivity (Wildman–Crippen MR) is 91.6 cm³/mol. The summed E-state index contributed by atoms with van der Waals surface area (Å²) in [5, 5.41) is 0.162. The van der Waals surface area contributed by atoms with E-state index in [0.29, 0.717) is 10.7 Å². The van der Waals surface area contributed by atoms with Gasteiger partial charge in [0.2, 0.25) is 0 Å². The first-order valence-electron chi connectivity index (χ1n) is 6.80. The summed E-state index contributed by atoms with van der Waals surface area (Å²) in [6, 6.07) is 17.2. The summed E-state index contributed by atoms with van der Waals surface area (Å²) in [6.07, 6.45) is 0. The minimum atomic E-state index is -0.285. The Morgan fingerprint density at radius 2 is 1.82 bits per heavy atom. The van der Waals surface area contributed by atoms with Crippen molar-refractivity contribution in [2.24, 2.45) is 5.73 Å². The van der Waals surface area contributed by atoms with E-state index in [1.807, 2.05) is 54.6 Å². The maximum absolute atomic E-state index is 12.4. The van der Waals surface area contributed by atoms with Crippen LogP contribution in [-0.2, 0) is 0 Å². The van der Waals surface area contributed by atoms with Gasteiger partial charge in [-0.05, 0) is 17.7 Å². The number of nitrogens with zero attached hydrogens (tertiary/aromatic N) is 1. The van der Waals surface area contributed by atoms with Crippen LogP contribution in [-0.4, -0.2) is 9.97 Å². The summed E-state index contributed by atoms with van der Waals surface area (Å²) < 4.78 is 0. The molecule has 22 heavy (non-hydrogen) atoms. The fourth-order valence-electron chi connectivity index (χ4n) is 2.28. The van der Waals surface area contributed by atoms with Crippen LogP contribution >= 0.6 is 11.8 Å². The van der Waals surface area contributed by atoms with Crippen LogP contribution in [0.5, 0.6) is 0 Å². The number of benzene rings is 2. The number of nitrogens with two attached hydrogens (primary N) is 1. The van der Waals surface area contributed by atoms with Gasteiger partial charge in [-0.1, -0.05) is 60.8 Å². The summed E-state index contributed by atoms with van der Waals surface area (Å²) >= 11 is 1.33. The molecule has 0 saturated carbocycles. The highest BCUT2D eigenvalue weighted by atomic mass is 32.2. The van der Waals surface area contributed by atoms with Gasteiger partial charge in [-0.25, -0.2) is 4.98 Å². The van der Waals surface area contributed by atoms with Crippen LogP contribution in [0.3, 0.4) is 0 Å². The minimum absolute atomic E-state index is 0.207. The van der Waals surface area contributed by atoms with Gasteiger partial charge in [0, 0.05) is 0 Å². The van der Waals surface area contributed by atoms with Gasteiger partial charge in [-0.2, -0.15) is 0 Å². The van der Waals surface area contributed by atoms with Gasteiger partial charge in [-0.15, -0.1) is 0 Å². The molecule has 3 N–H and O–H groups in total. The Labute approximate surface area is 132 Å². The number of hydrogen-bond donors (Lipinski definition) is 2. The van der Waals surface area contributed by atoms with Crippen LogP contribution in [0.2, 0.25) is 0 Å². The van der Waals surface area contributed by atoms with Crippen molar-refractivity contribution in [3.63, 3.8) is 0 Å². The van der Waals surface area contributed by atoms with Crippen molar-refractivity contribution in [1.82, 2.24) is 9.97 Å². The molecule has 2 aromatic carbocycles. The average molecular weight is 309 g/mol. The van der Waals surface area contributed by atoms with E-state index in [0.717, 1.165) is 16.6 Å². The topological polar surface area (TPSA) is 71.8 Å². The third-order valence-corrected chi connectivity index (χ3v) is 4.28. The Morgan fingerprint density at radius 3 is 2.55 bits per heavy atom. The number of fused-ring (bicyclic) bond motifs is 1. The highest BCUT2D eigenvalue weighted by Crippen LogP contribution is 2.35. The van der Waals surface area contributed by atoms with E-state index < -0.39 is 0 Å². The van der Waals surface area contributed by atoms with E-state index in [-0.39, 0.29) is 10.8 Å². The second-order valence-corrected chi connectivity index (χ2v) is 6.07. The normalized spacial score (nSPS) is 12.2. The molecule has 0 aliphatic heterocycles. The number of rotatable bonds is 4. The van der Waals surface area contributed by atoms with Gasteiger partial charge < -0.3 is 10.7 Å². The van der Waals surface area contributed by atoms with Crippen LogP contribution in [0, 0.1) is 0 Å². The molecule has 0 aliphatic rings. The fraction of sp³-hybridized carbons (Fsp3) is 0.0588. The molecule has 0 bridgehead atoms. The van der Waals surface area contributed by atoms with Gasteiger partial charge >= 0.3 is 0 Å². The Bertz CT molecular complexity index is 874. The summed E-state index contributed by atoms with van der Waals surface area (Å²) in [5.41, 5.74) is 8.42. The SMILES string of the molecule is C=C(N)SC(c1ccccc1)c1nc2ccccc2[nH]c1=O. The molecule has 1 atom stereocenters. The first-order chi connectivity index (χ1) is 10.6. The smallest absolute Gasteiger partial charge is 0.271 e. The summed E-state index contributed by atoms with van der Waals surface area (Å²) in [5.74, 6) is 0. The first kappa shape index (κ1) is 14.4. The maximum Gasteiger partial charge on any atom is 0.271 e. The maximum atomic E-state index is 12.4. The van der Waals surface area contributed by atoms with Crippen molar-refractivity contribution in [2.75, 3.05) is 0 Å². The van der Waals surface area contributed by atoms with Crippen LogP contribution in [0.1, 0.15) is 16.5 Å². The minimum Gasteiger partial charge on any atom is -0.394 e. The van der Waals surface area contributed by atoms with Crippen molar-refractivity contribution in [3.8, 4) is 0 Å². The van der Waals surface area contributed by atoms with E-state index in [2.05, 4.69) is 16.5 Å². The zero-order chi connectivity index (χ0) is 15.5. The highest BCUT2D eigenvalue weighted by molar-refractivity contribution is 8.03. The third kappa shape index (κ3) is 2.89. The third-order valence-electron chi connectivity index (χ3n) is 3.25. The molecule has 4 nitrogen and oxygen atoms in total. The number of hydrogen-bond acceptors (Lipinski definition) is 4. The Morgan fingerprint density at radius 1 is 1.14 bits per heavy atom. The Balaban J connectivity index is 2.17. The average Bonchev–Trinajstić information content (AvgIpc) is 2.53. The molecule has 0 spiro atoms. The lowest BCUT2D eigenvalue weighted by molar-refractivity contribution is 1.01. The number of aromatic nitrogens is 2. The zero-order valence-electron chi connectivity index (χ0n) is 11.8. The van der Waals surface area contributed by atoms with Gasteiger partial charge in [0.05, 0.1) is 21.3 Å². The van der Waals surface area contributed by atoms with Crippen LogP contribution in [0.4, 0.5) is 0 Å². The van der Waals surface area contributed by atoms with Crippen molar-refractivity contribution in [3.05, 3.63) is 87.8 Å². The standard InChI is InChI=1S/C17H15N3OS/c1-11(18)22-16(12-7-3-2-4-8-12)15-17(21)20-14-10-6-5-9-13(14)19-15/h2-10,16H,1,18H2,(H,20,21). The number of aromatic amines is 1. The lowest BCUT2D eigenvalue weighted by Crippen LogP contribution is -2.18. The molecule has 3 aromatic rings. The summed E-state index contributed by atoms with van der Waals surface area (Å²) in [7, 11) is 0. The van der Waals surface area contributed by atoms with Crippen LogP contribution in [0.25, 0.3) is 11.0 Å². The van der Waals surface area contributed by atoms with Gasteiger partial charge in [0.25, 0.3) is 5.56 Å². The summed E-state index contributed by atoms with van der Waals surface area (Å²) in [4.78, 5) is 19.9. The van der Waals surface area contributed by atoms with Gasteiger partial charge in [0.1, 0.15) is 5.69 Å². The molecule has 3 rings (SSSR count). The molecule has 0 aliphatic carbocycles. The van der Waals surface area contributed by atoms with E-state index in [1.54, 1.807) is 0 Å². The van der Waals surface area contributed by atoms with Gasteiger partial charge in [-0.3, -0.25) is 4.79 Å². The highest BCUT2D eigenvalue weighted by Gasteiger charge is 2.21. The predicted octanol–water partition coefficient (Wildman–Crippen LogP) is 3.18. The lowest BCUT2D eigenvalue weighted by Gasteiger charge is -2.16. The molecular weight excluding hydrogens is 294 g/mol. The van der Waals surface area contributed by atoms with E-state index in [4.69, 9.17) is 5.73 Å². The van der Waals surface area contributed by atoms with E-state index >= 15 is 0 Å². The number of nitrogens with one attached hydrogen (secondary N) is 1. The number of H-pyrrole nitrogens is 1. The number of thioether (sulfide) groups is 1. The Kier molecular flexibility index (Phi) is 3.98. The van der Waals surface area contributed by atoms with Crippen LogP contribution < -0.4 is 11.3 Å². The molecule has 0 saturated heterocycles. The van der Waals surface area contributed by atoms with Crippen molar-refractivity contribution in [2.45, 2.75) is 5.25 Å². The zero-order valence-corrected chi connectivity index (χ0v) is 12.6. The first-order valence-corrected chi connectivity index (χ1v) is 7.68. The number of para-hydroxylation sites is 2. The van der Waals surface area contributed by atoms with E-state index in [1.165, 1.54) is 11.8 Å². The molecule has 110 valence electrons. The fourth-order valence-corrected chi connectivity index (χ4v) is 3.15. The Hall–Kier alpha value is -2.53. The molecule has 5 heteroatoms. The lowest BCUT2D eigenvalue weighted by atomic mass is 10.1. The largest absolute Gasteiger partial charge is 0.394 e.